The molecule has 0 bridgehead atoms. The summed E-state index contributed by atoms with van der Waals surface area (Å²) in [5.74, 6) is -1.91. The van der Waals surface area contributed by atoms with E-state index in [0.29, 0.717) is 56.9 Å². The van der Waals surface area contributed by atoms with E-state index < -0.39 is 11.8 Å². The number of hydrogen-bond acceptors (Lipinski definition) is 7. The first kappa shape index (κ1) is 30.0. The molecule has 1 atom stereocenters. The largest absolute Gasteiger partial charge is 0.381 e. The first-order valence-corrected chi connectivity index (χ1v) is 15.0. The molecular formula is C29H40F2N8O3. The van der Waals surface area contributed by atoms with Crippen molar-refractivity contribution in [2.24, 2.45) is 17.6 Å². The van der Waals surface area contributed by atoms with Crippen molar-refractivity contribution in [1.29, 1.82) is 0 Å². The lowest BCUT2D eigenvalue weighted by atomic mass is 9.84. The van der Waals surface area contributed by atoms with E-state index in [1.54, 1.807) is 21.5 Å². The van der Waals surface area contributed by atoms with Gasteiger partial charge in [-0.3, -0.25) is 14.3 Å². The molecule has 11 nitrogen and oxygen atoms in total. The van der Waals surface area contributed by atoms with E-state index in [1.807, 2.05) is 13.1 Å². The van der Waals surface area contributed by atoms with Crippen molar-refractivity contribution in [1.82, 2.24) is 34.7 Å². The fraction of sp³-hybridized carbons (Fsp3) is 0.655. The van der Waals surface area contributed by atoms with Crippen LogP contribution in [0.3, 0.4) is 0 Å². The minimum atomic E-state index is -2.52. The number of hydrogen-bond donors (Lipinski definition) is 2. The highest BCUT2D eigenvalue weighted by Crippen LogP contribution is 2.37. The number of fused-ring (bicyclic) bond motifs is 1. The fourth-order valence-electron chi connectivity index (χ4n) is 6.11. The number of carbonyl (C=O) groups is 2. The molecule has 1 saturated carbocycles. The molecule has 1 aliphatic carbocycles. The molecule has 42 heavy (non-hydrogen) atoms. The molecule has 2 saturated heterocycles. The van der Waals surface area contributed by atoms with E-state index in [9.17, 15) is 18.4 Å². The van der Waals surface area contributed by atoms with Crippen LogP contribution in [-0.2, 0) is 28.9 Å². The second-order valence-corrected chi connectivity index (χ2v) is 11.5. The SMILES string of the molecule is CCn1nccc1C(N)=O.O=C1NCCCC1Cc1nn2cc(CC3CCC(F)(F)CC3)nc2nc1C1CCOCC1. The van der Waals surface area contributed by atoms with Crippen molar-refractivity contribution in [2.75, 3.05) is 19.8 Å². The first-order valence-electron chi connectivity index (χ1n) is 15.0. The van der Waals surface area contributed by atoms with Crippen LogP contribution in [0.5, 0.6) is 0 Å². The van der Waals surface area contributed by atoms with Gasteiger partial charge in [-0.25, -0.2) is 23.3 Å². The number of rotatable bonds is 7. The Morgan fingerprint density at radius 2 is 1.90 bits per heavy atom. The Morgan fingerprint density at radius 1 is 1.14 bits per heavy atom. The number of aromatic nitrogens is 6. The molecule has 3 N–H and O–H groups in total. The molecule has 3 aliphatic rings. The number of ether oxygens (including phenoxy) is 1. The summed E-state index contributed by atoms with van der Waals surface area (Å²) in [6.07, 6.45) is 9.28. The zero-order valence-electron chi connectivity index (χ0n) is 24.1. The van der Waals surface area contributed by atoms with E-state index in [1.165, 1.54) is 0 Å². The third kappa shape index (κ3) is 7.29. The average molecular weight is 587 g/mol. The van der Waals surface area contributed by atoms with Crippen LogP contribution in [0.1, 0.15) is 91.8 Å². The zero-order chi connectivity index (χ0) is 29.7. The number of primary amides is 1. The lowest BCUT2D eigenvalue weighted by Crippen LogP contribution is -2.38. The molecule has 0 aromatic carbocycles. The highest BCUT2D eigenvalue weighted by Gasteiger charge is 2.35. The van der Waals surface area contributed by atoms with E-state index in [4.69, 9.17) is 25.5 Å². The number of nitrogens with two attached hydrogens (primary N) is 1. The van der Waals surface area contributed by atoms with E-state index in [2.05, 4.69) is 10.4 Å². The Hall–Kier alpha value is -3.48. The van der Waals surface area contributed by atoms with Crippen LogP contribution < -0.4 is 11.1 Å². The zero-order valence-corrected chi connectivity index (χ0v) is 24.1. The summed E-state index contributed by atoms with van der Waals surface area (Å²) in [5, 5.41) is 11.7. The van der Waals surface area contributed by atoms with Gasteiger partial charge in [-0.05, 0) is 63.9 Å². The van der Waals surface area contributed by atoms with Crippen molar-refractivity contribution < 1.29 is 23.1 Å². The number of halogens is 2. The molecule has 3 fully saturated rings. The number of nitrogens with one attached hydrogen (secondary N) is 1. The van der Waals surface area contributed by atoms with Gasteiger partial charge in [0.05, 0.1) is 23.3 Å². The van der Waals surface area contributed by atoms with Gasteiger partial charge >= 0.3 is 0 Å². The maximum atomic E-state index is 13.5. The Bertz CT molecular complexity index is 1370. The molecule has 6 rings (SSSR count). The van der Waals surface area contributed by atoms with Crippen LogP contribution >= 0.6 is 0 Å². The van der Waals surface area contributed by atoms with Crippen LogP contribution in [0.15, 0.2) is 18.5 Å². The second-order valence-electron chi connectivity index (χ2n) is 11.5. The molecule has 0 spiro atoms. The van der Waals surface area contributed by atoms with Crippen LogP contribution in [0.25, 0.3) is 5.78 Å². The smallest absolute Gasteiger partial charge is 0.266 e. The van der Waals surface area contributed by atoms with Crippen LogP contribution in [-0.4, -0.2) is 66.9 Å². The number of nitrogens with zero attached hydrogens (tertiary/aromatic N) is 6. The molecular weight excluding hydrogens is 546 g/mol. The molecule has 3 aromatic rings. The summed E-state index contributed by atoms with van der Waals surface area (Å²) in [6, 6.07) is 1.60. The lowest BCUT2D eigenvalue weighted by molar-refractivity contribution is -0.126. The van der Waals surface area contributed by atoms with Crippen LogP contribution in [0.4, 0.5) is 8.78 Å². The third-order valence-electron chi connectivity index (χ3n) is 8.51. The topological polar surface area (TPSA) is 142 Å². The van der Waals surface area contributed by atoms with Gasteiger partial charge in [0, 0.05) is 63.6 Å². The summed E-state index contributed by atoms with van der Waals surface area (Å²) < 4.78 is 35.8. The predicted octanol–water partition coefficient (Wildman–Crippen LogP) is 3.46. The number of piperidine rings is 1. The summed E-state index contributed by atoms with van der Waals surface area (Å²) in [6.45, 7) is 4.72. The Balaban J connectivity index is 0.000000300. The summed E-state index contributed by atoms with van der Waals surface area (Å²) in [7, 11) is 0. The Labute approximate surface area is 243 Å². The minimum Gasteiger partial charge on any atom is -0.381 e. The van der Waals surface area contributed by atoms with E-state index in [0.717, 1.165) is 49.3 Å². The summed E-state index contributed by atoms with van der Waals surface area (Å²) in [4.78, 5) is 32.6. The van der Waals surface area contributed by atoms with Gasteiger partial charge in [-0.2, -0.15) is 10.2 Å². The number of amides is 2. The monoisotopic (exact) mass is 586 g/mol. The predicted molar refractivity (Wildman–Crippen MR) is 150 cm³/mol. The lowest BCUT2D eigenvalue weighted by Gasteiger charge is -2.27. The molecule has 5 heterocycles. The van der Waals surface area contributed by atoms with Crippen molar-refractivity contribution in [2.45, 2.75) is 89.5 Å². The van der Waals surface area contributed by atoms with E-state index in [-0.39, 0.29) is 36.5 Å². The molecule has 0 radical (unpaired) electrons. The first-order chi connectivity index (χ1) is 20.2. The molecule has 228 valence electrons. The molecule has 2 amide bonds. The highest BCUT2D eigenvalue weighted by atomic mass is 19.3. The van der Waals surface area contributed by atoms with Gasteiger partial charge in [0.15, 0.2) is 0 Å². The van der Waals surface area contributed by atoms with Crippen molar-refractivity contribution in [3.05, 3.63) is 41.2 Å². The van der Waals surface area contributed by atoms with Gasteiger partial charge in [0.1, 0.15) is 5.69 Å². The van der Waals surface area contributed by atoms with Crippen molar-refractivity contribution in [3.8, 4) is 0 Å². The average Bonchev–Trinajstić information content (AvgIpc) is 3.62. The fourth-order valence-corrected chi connectivity index (χ4v) is 6.11. The number of imidazole rings is 1. The number of carbonyl (C=O) groups excluding carboxylic acids is 2. The third-order valence-corrected chi connectivity index (χ3v) is 8.51. The van der Waals surface area contributed by atoms with E-state index >= 15 is 0 Å². The molecule has 3 aromatic heterocycles. The summed E-state index contributed by atoms with van der Waals surface area (Å²) >= 11 is 0. The van der Waals surface area contributed by atoms with Gasteiger partial charge in [-0.15, -0.1) is 0 Å². The Kier molecular flexibility index (Phi) is 9.44. The maximum Gasteiger partial charge on any atom is 0.266 e. The van der Waals surface area contributed by atoms with Crippen molar-refractivity contribution >= 4 is 17.6 Å². The normalized spacial score (nSPS) is 21.5. The standard InChI is InChI=1S/C23H31F2N5O2.C6H9N3O/c24-23(25)7-3-15(4-8-23)12-18-14-30-22(27-18)28-20(16-5-10-32-11-6-16)19(29-30)13-17-2-1-9-26-21(17)31;1-2-9-5(6(7)10)3-4-8-9/h14-17H,1-13H2,(H,26,31);3-4H,2H2,1H3,(H2,7,10). The quantitative estimate of drug-likeness (QED) is 0.432. The maximum absolute atomic E-state index is 13.5. The Morgan fingerprint density at radius 3 is 2.57 bits per heavy atom. The number of aryl methyl sites for hydroxylation is 1. The molecule has 13 heteroatoms. The minimum absolute atomic E-state index is 0.0387. The highest BCUT2D eigenvalue weighted by molar-refractivity contribution is 5.90. The van der Waals surface area contributed by atoms with Gasteiger partial charge in [0.25, 0.3) is 11.7 Å². The van der Waals surface area contributed by atoms with Crippen LogP contribution in [0.2, 0.25) is 0 Å². The van der Waals surface area contributed by atoms with Gasteiger partial charge in [-0.1, -0.05) is 0 Å². The summed E-state index contributed by atoms with van der Waals surface area (Å²) in [5.41, 5.74) is 8.15. The van der Waals surface area contributed by atoms with Gasteiger partial charge < -0.3 is 15.8 Å². The van der Waals surface area contributed by atoms with Gasteiger partial charge in [0.2, 0.25) is 11.8 Å². The van der Waals surface area contributed by atoms with Crippen molar-refractivity contribution in [3.63, 3.8) is 0 Å². The molecule has 2 aliphatic heterocycles. The number of alkyl halides is 2. The second kappa shape index (κ2) is 13.2. The van der Waals surface area contributed by atoms with Crippen LogP contribution in [0, 0.1) is 11.8 Å². The molecule has 1 unspecified atom stereocenters.